The number of halogens is 6. The number of rotatable bonds is 4. The van der Waals surface area contributed by atoms with Crippen LogP contribution in [-0.2, 0) is 0 Å². The van der Waals surface area contributed by atoms with E-state index in [1.54, 1.807) is 0 Å². The van der Waals surface area contributed by atoms with E-state index in [0.717, 1.165) is 0 Å². The van der Waals surface area contributed by atoms with Crippen LogP contribution in [0.2, 0.25) is 0 Å². The maximum Gasteiger partial charge on any atom is 0.316 e. The van der Waals surface area contributed by atoms with Gasteiger partial charge in [0.05, 0.1) is 0 Å². The highest BCUT2D eigenvalue weighted by Crippen LogP contribution is 2.18. The van der Waals surface area contributed by atoms with Crippen LogP contribution in [0.25, 0.3) is 0 Å². The van der Waals surface area contributed by atoms with E-state index in [-0.39, 0.29) is 23.1 Å². The molecule has 0 rings (SSSR count). The van der Waals surface area contributed by atoms with Crippen molar-refractivity contribution in [3.8, 4) is 0 Å². The molecule has 12 heavy (non-hydrogen) atoms. The summed E-state index contributed by atoms with van der Waals surface area (Å²) in [4.78, 5) is 0. The lowest BCUT2D eigenvalue weighted by Crippen LogP contribution is -2.34. The van der Waals surface area contributed by atoms with Gasteiger partial charge in [-0.2, -0.15) is 0 Å². The minimum absolute atomic E-state index is 0. The predicted octanol–water partition coefficient (Wildman–Crippen LogP) is 1.32. The standard InChI is InChI=1S/C5H6F6.Mg.2H/c6-1-2(7)3(8)4(9)5(10)11;;;/h2-5H,1H2;;;. The summed E-state index contributed by atoms with van der Waals surface area (Å²) < 4.78 is 69.4. The Morgan fingerprint density at radius 2 is 1.25 bits per heavy atom. The highest BCUT2D eigenvalue weighted by molar-refractivity contribution is 5.75. The van der Waals surface area contributed by atoms with E-state index in [9.17, 15) is 26.3 Å². The van der Waals surface area contributed by atoms with E-state index < -0.39 is 31.6 Å². The Morgan fingerprint density at radius 3 is 1.50 bits per heavy atom. The monoisotopic (exact) mass is 206 g/mol. The lowest BCUT2D eigenvalue weighted by Gasteiger charge is -2.13. The van der Waals surface area contributed by atoms with E-state index in [1.807, 2.05) is 0 Å². The summed E-state index contributed by atoms with van der Waals surface area (Å²) in [5.41, 5.74) is 0. The highest BCUT2D eigenvalue weighted by Gasteiger charge is 2.36. The van der Waals surface area contributed by atoms with Crippen molar-refractivity contribution in [2.75, 3.05) is 6.67 Å². The Balaban J connectivity index is 0. The van der Waals surface area contributed by atoms with Gasteiger partial charge in [0.2, 0.25) is 0 Å². The van der Waals surface area contributed by atoms with E-state index in [0.29, 0.717) is 0 Å². The second-order valence-electron chi connectivity index (χ2n) is 1.89. The molecule has 0 radical (unpaired) electrons. The smallest absolute Gasteiger partial charge is 0.248 e. The largest absolute Gasteiger partial charge is 0.316 e. The molecule has 3 atom stereocenters. The molecule has 3 unspecified atom stereocenters. The molecule has 0 saturated carbocycles. The van der Waals surface area contributed by atoms with Crippen LogP contribution in [0.3, 0.4) is 0 Å². The first-order valence-corrected chi connectivity index (χ1v) is 2.77. The summed E-state index contributed by atoms with van der Waals surface area (Å²) in [5, 5.41) is 0. The molecule has 0 saturated heterocycles. The first-order chi connectivity index (χ1) is 5.00. The molecule has 0 amide bonds. The Labute approximate surface area is 81.5 Å². The molecule has 72 valence electrons. The molecule has 0 bridgehead atoms. The third-order valence-electron chi connectivity index (χ3n) is 1.04. The summed E-state index contributed by atoms with van der Waals surface area (Å²) in [7, 11) is 0. The fourth-order valence-electron chi connectivity index (χ4n) is 0.424. The SMILES string of the molecule is FCC(F)C(F)C(F)C(F)F.[MgH2]. The molecule has 0 aromatic rings. The molecule has 0 aliphatic carbocycles. The van der Waals surface area contributed by atoms with Crippen LogP contribution in [-0.4, -0.2) is 54.7 Å². The molecule has 0 aromatic heterocycles. The first-order valence-electron chi connectivity index (χ1n) is 2.77. The summed E-state index contributed by atoms with van der Waals surface area (Å²) in [5.74, 6) is 0. The van der Waals surface area contributed by atoms with Crippen LogP contribution in [0.4, 0.5) is 26.3 Å². The zero-order chi connectivity index (χ0) is 9.02. The second kappa shape index (κ2) is 6.82. The van der Waals surface area contributed by atoms with Gasteiger partial charge in [-0.3, -0.25) is 0 Å². The molecule has 0 aromatic carbocycles. The average Bonchev–Trinajstić information content (AvgIpc) is 2.00. The van der Waals surface area contributed by atoms with Crippen LogP contribution >= 0.6 is 0 Å². The van der Waals surface area contributed by atoms with Crippen LogP contribution in [0, 0.1) is 0 Å². The third kappa shape index (κ3) is 4.39. The van der Waals surface area contributed by atoms with Crippen LogP contribution in [0.15, 0.2) is 0 Å². The number of hydrogen-bond acceptors (Lipinski definition) is 0. The highest BCUT2D eigenvalue weighted by atomic mass is 24.3. The Bertz CT molecular complexity index is 110. The van der Waals surface area contributed by atoms with Gasteiger partial charge in [-0.1, -0.05) is 0 Å². The fraction of sp³-hybridized carbons (Fsp3) is 1.00. The van der Waals surface area contributed by atoms with E-state index in [4.69, 9.17) is 0 Å². The predicted molar refractivity (Wildman–Crippen MR) is 35.2 cm³/mol. The molecule has 7 heteroatoms. The van der Waals surface area contributed by atoms with Crippen molar-refractivity contribution in [2.24, 2.45) is 0 Å². The van der Waals surface area contributed by atoms with Crippen molar-refractivity contribution >= 4 is 23.1 Å². The molecule has 0 spiro atoms. The molecule has 0 nitrogen and oxygen atoms in total. The van der Waals surface area contributed by atoms with Crippen LogP contribution in [0.1, 0.15) is 0 Å². The van der Waals surface area contributed by atoms with Crippen molar-refractivity contribution in [1.29, 1.82) is 0 Å². The number of alkyl halides is 6. The van der Waals surface area contributed by atoms with E-state index in [2.05, 4.69) is 0 Å². The maximum atomic E-state index is 12.0. The molecular formula is C5H8F6Mg. The zero-order valence-corrected chi connectivity index (χ0v) is 5.28. The molecule has 0 N–H and O–H groups in total. The van der Waals surface area contributed by atoms with Crippen molar-refractivity contribution in [3.63, 3.8) is 0 Å². The Hall–Kier alpha value is 0.346. The molecule has 0 fully saturated rings. The summed E-state index contributed by atoms with van der Waals surface area (Å²) >= 11 is 0. The van der Waals surface area contributed by atoms with Gasteiger partial charge in [0.1, 0.15) is 6.67 Å². The minimum atomic E-state index is -3.62. The van der Waals surface area contributed by atoms with E-state index >= 15 is 0 Å². The summed E-state index contributed by atoms with van der Waals surface area (Å²) in [6, 6.07) is 0. The topological polar surface area (TPSA) is 0 Å². The lowest BCUT2D eigenvalue weighted by molar-refractivity contribution is -0.0270. The van der Waals surface area contributed by atoms with Crippen molar-refractivity contribution < 1.29 is 26.3 Å². The number of hydrogen-bond donors (Lipinski definition) is 0. The van der Waals surface area contributed by atoms with Gasteiger partial charge >= 0.3 is 23.1 Å². The van der Waals surface area contributed by atoms with Gasteiger partial charge < -0.3 is 0 Å². The van der Waals surface area contributed by atoms with Gasteiger partial charge in [-0.25, -0.2) is 26.3 Å². The molecule has 0 aliphatic heterocycles. The van der Waals surface area contributed by atoms with Crippen LogP contribution < -0.4 is 0 Å². The second-order valence-corrected chi connectivity index (χ2v) is 1.89. The molecule has 0 aliphatic rings. The van der Waals surface area contributed by atoms with Crippen molar-refractivity contribution in [2.45, 2.75) is 24.9 Å². The Morgan fingerprint density at radius 1 is 0.833 bits per heavy atom. The van der Waals surface area contributed by atoms with Crippen LogP contribution in [0.5, 0.6) is 0 Å². The Kier molecular flexibility index (Phi) is 8.44. The lowest BCUT2D eigenvalue weighted by atomic mass is 10.2. The fourth-order valence-corrected chi connectivity index (χ4v) is 0.424. The normalized spacial score (nSPS) is 18.2. The van der Waals surface area contributed by atoms with Gasteiger partial charge in [0.25, 0.3) is 6.43 Å². The van der Waals surface area contributed by atoms with E-state index in [1.165, 1.54) is 0 Å². The maximum absolute atomic E-state index is 12.0. The van der Waals surface area contributed by atoms with Crippen molar-refractivity contribution in [1.82, 2.24) is 0 Å². The van der Waals surface area contributed by atoms with Gasteiger partial charge in [-0.15, -0.1) is 0 Å². The molecular weight excluding hydrogens is 198 g/mol. The summed E-state index contributed by atoms with van der Waals surface area (Å²) in [6.45, 7) is -1.80. The van der Waals surface area contributed by atoms with Gasteiger partial charge in [-0.05, 0) is 0 Å². The average molecular weight is 206 g/mol. The quantitative estimate of drug-likeness (QED) is 0.481. The summed E-state index contributed by atoms with van der Waals surface area (Å²) in [6.07, 6.45) is -12.8. The minimum Gasteiger partial charge on any atom is -0.248 e. The zero-order valence-electron chi connectivity index (χ0n) is 5.28. The molecule has 0 heterocycles. The van der Waals surface area contributed by atoms with Gasteiger partial charge in [0.15, 0.2) is 18.5 Å². The van der Waals surface area contributed by atoms with Gasteiger partial charge in [0, 0.05) is 0 Å². The first kappa shape index (κ1) is 14.8. The van der Waals surface area contributed by atoms with Crippen molar-refractivity contribution in [3.05, 3.63) is 0 Å². The third-order valence-corrected chi connectivity index (χ3v) is 1.04.